The van der Waals surface area contributed by atoms with Crippen molar-refractivity contribution in [2.45, 2.75) is 0 Å². The van der Waals surface area contributed by atoms with E-state index in [1.807, 2.05) is 7.05 Å². The first-order chi connectivity index (χ1) is 7.93. The normalized spacial score (nSPS) is 18.9. The van der Waals surface area contributed by atoms with E-state index < -0.39 is 21.5 Å². The van der Waals surface area contributed by atoms with Gasteiger partial charge in [0.15, 0.2) is 9.84 Å². The van der Waals surface area contributed by atoms with Crippen LogP contribution in [-0.4, -0.2) is 69.0 Å². The highest BCUT2D eigenvalue weighted by molar-refractivity contribution is 7.92. The van der Waals surface area contributed by atoms with E-state index in [1.165, 1.54) is 6.08 Å². The summed E-state index contributed by atoms with van der Waals surface area (Å²) in [5, 5.41) is 1.76. The minimum absolute atomic E-state index is 0.164. The van der Waals surface area contributed by atoms with Crippen molar-refractivity contribution in [3.8, 4) is 0 Å². The molecule has 0 saturated carbocycles. The molecular weight excluding hydrogens is 242 g/mol. The summed E-state index contributed by atoms with van der Waals surface area (Å²) >= 11 is 0. The fourth-order valence-corrected chi connectivity index (χ4v) is 2.51. The summed E-state index contributed by atoms with van der Waals surface area (Å²) in [6.45, 7) is 6.50. The first-order valence-corrected chi connectivity index (χ1v) is 7.29. The van der Waals surface area contributed by atoms with E-state index in [1.54, 1.807) is 5.01 Å². The molecule has 1 heterocycles. The third-order valence-corrected chi connectivity index (χ3v) is 3.95. The Morgan fingerprint density at radius 3 is 2.47 bits per heavy atom. The Bertz CT molecular complexity index is 372. The van der Waals surface area contributed by atoms with Gasteiger partial charge in [-0.05, 0) is 7.05 Å². The molecule has 0 aromatic heterocycles. The van der Waals surface area contributed by atoms with Crippen molar-refractivity contribution in [3.63, 3.8) is 0 Å². The van der Waals surface area contributed by atoms with Gasteiger partial charge in [0.2, 0.25) is 5.91 Å². The maximum absolute atomic E-state index is 11.5. The molecule has 0 bridgehead atoms. The summed E-state index contributed by atoms with van der Waals surface area (Å²) in [6, 6.07) is 0. The minimum Gasteiger partial charge on any atom is -0.304 e. The second-order valence-corrected chi connectivity index (χ2v) is 6.28. The molecule has 1 amide bonds. The zero-order chi connectivity index (χ0) is 12.9. The standard InChI is InChI=1S/C10H19N3O3S/c1-3-8-17(15,16)9-10(14)11-13-6-4-12(2)5-7-13/h3H,1,4-9H2,2H3,(H,11,14). The van der Waals surface area contributed by atoms with Crippen molar-refractivity contribution in [2.24, 2.45) is 0 Å². The molecule has 0 spiro atoms. The van der Waals surface area contributed by atoms with Gasteiger partial charge >= 0.3 is 0 Å². The lowest BCUT2D eigenvalue weighted by Gasteiger charge is -2.32. The van der Waals surface area contributed by atoms with E-state index in [0.29, 0.717) is 13.1 Å². The Morgan fingerprint density at radius 2 is 1.94 bits per heavy atom. The second-order valence-electron chi connectivity index (χ2n) is 4.17. The number of carbonyl (C=O) groups excluding carboxylic acids is 1. The van der Waals surface area contributed by atoms with Gasteiger partial charge < -0.3 is 4.90 Å². The van der Waals surface area contributed by atoms with Crippen LogP contribution in [0, 0.1) is 0 Å². The molecule has 0 radical (unpaired) electrons. The molecule has 1 N–H and O–H groups in total. The highest BCUT2D eigenvalue weighted by Crippen LogP contribution is 1.96. The lowest BCUT2D eigenvalue weighted by atomic mass is 10.4. The summed E-state index contributed by atoms with van der Waals surface area (Å²) < 4.78 is 22.8. The van der Waals surface area contributed by atoms with Crippen molar-refractivity contribution in [1.29, 1.82) is 0 Å². The lowest BCUT2D eigenvalue weighted by Crippen LogP contribution is -2.53. The summed E-state index contributed by atoms with van der Waals surface area (Å²) in [4.78, 5) is 13.7. The maximum atomic E-state index is 11.5. The van der Waals surface area contributed by atoms with Crippen LogP contribution >= 0.6 is 0 Å². The largest absolute Gasteiger partial charge is 0.304 e. The fourth-order valence-electron chi connectivity index (χ4n) is 1.57. The molecule has 1 rings (SSSR count). The van der Waals surface area contributed by atoms with E-state index in [0.717, 1.165) is 13.1 Å². The number of likely N-dealkylation sites (N-methyl/N-ethyl adjacent to an activating group) is 1. The molecule has 6 nitrogen and oxygen atoms in total. The zero-order valence-corrected chi connectivity index (χ0v) is 10.9. The van der Waals surface area contributed by atoms with Crippen LogP contribution < -0.4 is 5.43 Å². The highest BCUT2D eigenvalue weighted by Gasteiger charge is 2.19. The summed E-state index contributed by atoms with van der Waals surface area (Å²) in [6.07, 6.45) is 1.29. The zero-order valence-electron chi connectivity index (χ0n) is 10.1. The van der Waals surface area contributed by atoms with Crippen LogP contribution in [0.3, 0.4) is 0 Å². The number of hydrazine groups is 1. The van der Waals surface area contributed by atoms with Crippen molar-refractivity contribution in [3.05, 3.63) is 12.7 Å². The van der Waals surface area contributed by atoms with Crippen LogP contribution in [0.5, 0.6) is 0 Å². The minimum atomic E-state index is -3.36. The molecule has 0 aromatic rings. The van der Waals surface area contributed by atoms with Gasteiger partial charge in [0.05, 0.1) is 5.75 Å². The van der Waals surface area contributed by atoms with Gasteiger partial charge in [-0.1, -0.05) is 6.08 Å². The average molecular weight is 261 g/mol. The van der Waals surface area contributed by atoms with Crippen molar-refractivity contribution < 1.29 is 13.2 Å². The van der Waals surface area contributed by atoms with Gasteiger partial charge in [-0.25, -0.2) is 13.4 Å². The molecule has 98 valence electrons. The lowest BCUT2D eigenvalue weighted by molar-refractivity contribution is -0.124. The molecule has 1 saturated heterocycles. The third kappa shape index (κ3) is 5.29. The molecule has 0 atom stereocenters. The number of hydrogen-bond donors (Lipinski definition) is 1. The SMILES string of the molecule is C=CCS(=O)(=O)CC(=O)NN1CCN(C)CC1. The summed E-state index contributed by atoms with van der Waals surface area (Å²) in [5.41, 5.74) is 2.61. The van der Waals surface area contributed by atoms with Crippen LogP contribution in [-0.2, 0) is 14.6 Å². The van der Waals surface area contributed by atoms with Gasteiger partial charge in [0, 0.05) is 26.2 Å². The molecule has 1 aliphatic heterocycles. The number of sulfone groups is 1. The topological polar surface area (TPSA) is 69.7 Å². The first kappa shape index (κ1) is 14.1. The Hall–Kier alpha value is -0.920. The van der Waals surface area contributed by atoms with Crippen molar-refractivity contribution in [1.82, 2.24) is 15.3 Å². The summed E-state index contributed by atoms with van der Waals surface area (Å²) in [7, 11) is -1.35. The quantitative estimate of drug-likeness (QED) is 0.634. The monoisotopic (exact) mass is 261 g/mol. The smallest absolute Gasteiger partial charge is 0.249 e. The molecule has 17 heavy (non-hydrogen) atoms. The molecule has 1 fully saturated rings. The van der Waals surface area contributed by atoms with E-state index >= 15 is 0 Å². The average Bonchev–Trinajstić information content (AvgIpc) is 2.20. The Balaban J connectivity index is 2.37. The number of carbonyl (C=O) groups is 1. The number of amides is 1. The molecule has 0 aliphatic carbocycles. The van der Waals surface area contributed by atoms with Gasteiger partial charge in [-0.3, -0.25) is 10.2 Å². The number of piperazine rings is 1. The van der Waals surface area contributed by atoms with Crippen LogP contribution in [0.1, 0.15) is 0 Å². The molecule has 1 aliphatic rings. The van der Waals surface area contributed by atoms with E-state index in [2.05, 4.69) is 16.9 Å². The first-order valence-electron chi connectivity index (χ1n) is 5.47. The van der Waals surface area contributed by atoms with E-state index in [9.17, 15) is 13.2 Å². The maximum Gasteiger partial charge on any atom is 0.249 e. The molecule has 0 unspecified atom stereocenters. The second kappa shape index (κ2) is 6.13. The van der Waals surface area contributed by atoms with Crippen LogP contribution in [0.25, 0.3) is 0 Å². The third-order valence-electron chi connectivity index (χ3n) is 2.51. The Labute approximate surface area is 102 Å². The van der Waals surface area contributed by atoms with Crippen molar-refractivity contribution in [2.75, 3.05) is 44.7 Å². The predicted octanol–water partition coefficient (Wildman–Crippen LogP) is -1.13. The Kier molecular flexibility index (Phi) is 5.10. The summed E-state index contributed by atoms with van der Waals surface area (Å²) in [5.74, 6) is -1.12. The van der Waals surface area contributed by atoms with Crippen LogP contribution in [0.15, 0.2) is 12.7 Å². The highest BCUT2D eigenvalue weighted by atomic mass is 32.2. The molecule has 0 aromatic carbocycles. The van der Waals surface area contributed by atoms with Gasteiger partial charge in [0.1, 0.15) is 5.75 Å². The number of nitrogens with zero attached hydrogens (tertiary/aromatic N) is 2. The van der Waals surface area contributed by atoms with Gasteiger partial charge in [-0.2, -0.15) is 0 Å². The van der Waals surface area contributed by atoms with Crippen molar-refractivity contribution >= 4 is 15.7 Å². The Morgan fingerprint density at radius 1 is 1.35 bits per heavy atom. The molecule has 7 heteroatoms. The number of nitrogens with one attached hydrogen (secondary N) is 1. The predicted molar refractivity (Wildman–Crippen MR) is 66.1 cm³/mol. The molecular formula is C10H19N3O3S. The van der Waals surface area contributed by atoms with E-state index in [4.69, 9.17) is 0 Å². The number of rotatable bonds is 5. The van der Waals surface area contributed by atoms with Crippen LogP contribution in [0.4, 0.5) is 0 Å². The van der Waals surface area contributed by atoms with E-state index in [-0.39, 0.29) is 5.75 Å². The van der Waals surface area contributed by atoms with Gasteiger partial charge in [0.25, 0.3) is 0 Å². The van der Waals surface area contributed by atoms with Crippen LogP contribution in [0.2, 0.25) is 0 Å². The fraction of sp³-hybridized carbons (Fsp3) is 0.700. The number of hydrogen-bond acceptors (Lipinski definition) is 5. The van der Waals surface area contributed by atoms with Gasteiger partial charge in [-0.15, -0.1) is 6.58 Å².